The fraction of sp³-hybridized carbons (Fsp3) is 0.250. The number of anilines is 1. The van der Waals surface area contributed by atoms with Gasteiger partial charge in [-0.25, -0.2) is 22.0 Å². The lowest BCUT2D eigenvalue weighted by Crippen LogP contribution is -2.15. The van der Waals surface area contributed by atoms with E-state index in [1.54, 1.807) is 20.1 Å². The molecule has 0 aromatic heterocycles. The Morgan fingerprint density at radius 3 is 2.35 bits per heavy atom. The molecule has 3 N–H and O–H groups in total. The van der Waals surface area contributed by atoms with Crippen LogP contribution >= 0.6 is 0 Å². The fourth-order valence-electron chi connectivity index (χ4n) is 2.14. The summed E-state index contributed by atoms with van der Waals surface area (Å²) < 4.78 is 60.6. The molecule has 8 nitrogen and oxygen atoms in total. The van der Waals surface area contributed by atoms with Gasteiger partial charge in [-0.15, -0.1) is 0 Å². The zero-order chi connectivity index (χ0) is 19.4. The van der Waals surface area contributed by atoms with E-state index >= 15 is 0 Å². The summed E-state index contributed by atoms with van der Waals surface area (Å²) >= 11 is 0. The third-order valence-electron chi connectivity index (χ3n) is 3.42. The van der Waals surface area contributed by atoms with Crippen molar-refractivity contribution in [3.05, 3.63) is 48.0 Å². The Labute approximate surface area is 153 Å². The Hall–Kier alpha value is -2.14. The largest absolute Gasteiger partial charge is 0.491 e. The van der Waals surface area contributed by atoms with Crippen molar-refractivity contribution in [2.75, 3.05) is 25.0 Å². The van der Waals surface area contributed by atoms with Crippen LogP contribution in [-0.4, -0.2) is 37.2 Å². The molecule has 0 aliphatic rings. The van der Waals surface area contributed by atoms with E-state index in [4.69, 9.17) is 14.6 Å². The molecule has 0 aliphatic carbocycles. The highest BCUT2D eigenvalue weighted by Crippen LogP contribution is 2.24. The Morgan fingerprint density at radius 1 is 1.00 bits per heavy atom. The molecule has 0 bridgehead atoms. The predicted octanol–water partition coefficient (Wildman–Crippen LogP) is 1.47. The first-order chi connectivity index (χ1) is 12.1. The summed E-state index contributed by atoms with van der Waals surface area (Å²) in [5.41, 5.74) is 0.733. The Morgan fingerprint density at radius 2 is 1.73 bits per heavy atom. The number of hydrogen-bond acceptors (Lipinski definition) is 6. The first kappa shape index (κ1) is 20.2. The second kappa shape index (κ2) is 8.04. The molecule has 2 aromatic rings. The summed E-state index contributed by atoms with van der Waals surface area (Å²) in [5.74, 6) is 0.553. The van der Waals surface area contributed by atoms with Crippen LogP contribution in [0.25, 0.3) is 0 Å². The molecule has 0 fully saturated rings. The molecule has 0 aliphatic heterocycles. The summed E-state index contributed by atoms with van der Waals surface area (Å²) in [6.07, 6.45) is 0. The van der Waals surface area contributed by atoms with Crippen molar-refractivity contribution in [1.82, 2.24) is 0 Å². The summed E-state index contributed by atoms with van der Waals surface area (Å²) in [6, 6.07) is 9.69. The van der Waals surface area contributed by atoms with Gasteiger partial charge < -0.3 is 9.47 Å². The number of nitrogens with one attached hydrogen (secondary N) is 1. The molecule has 0 atom stereocenters. The number of nitrogens with two attached hydrogens (primary N) is 1. The smallest absolute Gasteiger partial charge is 0.261 e. The van der Waals surface area contributed by atoms with E-state index in [9.17, 15) is 16.8 Å². The molecular weight excluding hydrogens is 380 g/mol. The number of benzene rings is 2. The van der Waals surface area contributed by atoms with Crippen LogP contribution in [0.5, 0.6) is 5.75 Å². The van der Waals surface area contributed by atoms with Crippen LogP contribution in [0.4, 0.5) is 5.69 Å². The van der Waals surface area contributed by atoms with Gasteiger partial charge in [-0.2, -0.15) is 0 Å². The van der Waals surface area contributed by atoms with Crippen molar-refractivity contribution < 1.29 is 26.3 Å². The van der Waals surface area contributed by atoms with Crippen molar-refractivity contribution in [2.24, 2.45) is 5.14 Å². The number of primary sulfonamides is 1. The van der Waals surface area contributed by atoms with E-state index in [0.717, 1.165) is 6.07 Å². The minimum atomic E-state index is -3.93. The lowest BCUT2D eigenvalue weighted by molar-refractivity contribution is 0.146. The maximum absolute atomic E-state index is 12.5. The van der Waals surface area contributed by atoms with Gasteiger partial charge in [0.15, 0.2) is 0 Å². The van der Waals surface area contributed by atoms with Gasteiger partial charge in [-0.3, -0.25) is 4.72 Å². The summed E-state index contributed by atoms with van der Waals surface area (Å²) in [6.45, 7) is 2.49. The Balaban J connectivity index is 2.24. The Bertz CT molecular complexity index is 988. The lowest BCUT2D eigenvalue weighted by atomic mass is 10.2. The average molecular weight is 400 g/mol. The summed E-state index contributed by atoms with van der Waals surface area (Å²) in [5, 5.41) is 5.06. The van der Waals surface area contributed by atoms with E-state index in [1.165, 1.54) is 30.3 Å². The minimum Gasteiger partial charge on any atom is -0.491 e. The second-order valence-electron chi connectivity index (χ2n) is 5.45. The van der Waals surface area contributed by atoms with E-state index in [2.05, 4.69) is 4.72 Å². The van der Waals surface area contributed by atoms with Crippen molar-refractivity contribution in [3.63, 3.8) is 0 Å². The highest BCUT2D eigenvalue weighted by molar-refractivity contribution is 7.92. The normalized spacial score (nSPS) is 12.0. The molecule has 26 heavy (non-hydrogen) atoms. The number of sulfonamides is 2. The quantitative estimate of drug-likeness (QED) is 0.647. The number of rotatable bonds is 8. The number of ether oxygens (including phenoxy) is 2. The van der Waals surface area contributed by atoms with E-state index in [1.807, 2.05) is 0 Å². The molecule has 0 unspecified atom stereocenters. The van der Waals surface area contributed by atoms with Crippen LogP contribution in [0.2, 0.25) is 0 Å². The van der Waals surface area contributed by atoms with Crippen LogP contribution in [0.15, 0.2) is 52.3 Å². The molecule has 0 spiro atoms. The highest BCUT2D eigenvalue weighted by atomic mass is 32.2. The molecule has 0 saturated carbocycles. The maximum atomic E-state index is 12.5. The topological polar surface area (TPSA) is 125 Å². The molecule has 142 valence electrons. The van der Waals surface area contributed by atoms with Crippen LogP contribution in [0, 0.1) is 6.92 Å². The van der Waals surface area contributed by atoms with Crippen LogP contribution in [-0.2, 0) is 24.8 Å². The van der Waals surface area contributed by atoms with E-state index in [-0.39, 0.29) is 15.5 Å². The van der Waals surface area contributed by atoms with Gasteiger partial charge in [0, 0.05) is 7.11 Å². The first-order valence-electron chi connectivity index (χ1n) is 7.51. The molecule has 2 aromatic carbocycles. The van der Waals surface area contributed by atoms with Gasteiger partial charge in [-0.1, -0.05) is 6.07 Å². The lowest BCUT2D eigenvalue weighted by Gasteiger charge is -2.12. The fourth-order valence-corrected chi connectivity index (χ4v) is 3.83. The Kier molecular flexibility index (Phi) is 6.24. The van der Waals surface area contributed by atoms with Crippen LogP contribution < -0.4 is 14.6 Å². The molecule has 0 saturated heterocycles. The van der Waals surface area contributed by atoms with Gasteiger partial charge in [0.1, 0.15) is 12.4 Å². The molecule has 0 radical (unpaired) electrons. The monoisotopic (exact) mass is 400 g/mol. The summed E-state index contributed by atoms with van der Waals surface area (Å²) in [7, 11) is -6.28. The number of methoxy groups -OCH3 is 1. The standard InChI is InChI=1S/C16H20N2O6S2/c1-12-10-15(6-7-16(12)24-9-8-23-2)26(21,22)18-13-4-3-5-14(11-13)25(17,19)20/h3-7,10-11,18H,8-9H2,1-2H3,(H2,17,19,20). The van der Waals surface area contributed by atoms with Crippen molar-refractivity contribution in [2.45, 2.75) is 16.7 Å². The number of hydrogen-bond donors (Lipinski definition) is 2. The van der Waals surface area contributed by atoms with Crippen molar-refractivity contribution >= 4 is 25.7 Å². The van der Waals surface area contributed by atoms with Crippen molar-refractivity contribution in [1.29, 1.82) is 0 Å². The minimum absolute atomic E-state index is 0.0232. The maximum Gasteiger partial charge on any atom is 0.261 e. The van der Waals surface area contributed by atoms with Crippen LogP contribution in [0.1, 0.15) is 5.56 Å². The van der Waals surface area contributed by atoms with Gasteiger partial charge in [0.25, 0.3) is 10.0 Å². The zero-order valence-electron chi connectivity index (χ0n) is 14.3. The van der Waals surface area contributed by atoms with Gasteiger partial charge in [0.05, 0.1) is 22.1 Å². The average Bonchev–Trinajstić information content (AvgIpc) is 2.55. The van der Waals surface area contributed by atoms with E-state index < -0.39 is 20.0 Å². The first-order valence-corrected chi connectivity index (χ1v) is 10.5. The van der Waals surface area contributed by atoms with Gasteiger partial charge in [-0.05, 0) is 48.9 Å². The third kappa shape index (κ3) is 5.18. The SMILES string of the molecule is COCCOc1ccc(S(=O)(=O)Nc2cccc(S(N)(=O)=O)c2)cc1C. The van der Waals surface area contributed by atoms with Crippen LogP contribution in [0.3, 0.4) is 0 Å². The van der Waals surface area contributed by atoms with Gasteiger partial charge in [0.2, 0.25) is 10.0 Å². The summed E-state index contributed by atoms with van der Waals surface area (Å²) in [4.78, 5) is -0.161. The van der Waals surface area contributed by atoms with Gasteiger partial charge >= 0.3 is 0 Å². The highest BCUT2D eigenvalue weighted by Gasteiger charge is 2.17. The zero-order valence-corrected chi connectivity index (χ0v) is 15.9. The number of aryl methyl sites for hydroxylation is 1. The molecule has 0 amide bonds. The molecular formula is C16H20N2O6S2. The molecule has 0 heterocycles. The molecule has 2 rings (SSSR count). The second-order valence-corrected chi connectivity index (χ2v) is 8.69. The predicted molar refractivity (Wildman–Crippen MR) is 97.2 cm³/mol. The third-order valence-corrected chi connectivity index (χ3v) is 5.71. The van der Waals surface area contributed by atoms with Crippen molar-refractivity contribution in [3.8, 4) is 5.75 Å². The molecule has 10 heteroatoms. The van der Waals surface area contributed by atoms with E-state index in [0.29, 0.717) is 24.5 Å².